The summed E-state index contributed by atoms with van der Waals surface area (Å²) in [5, 5.41) is 12.4. The number of carbonyl (C=O) groups excluding carboxylic acids is 1. The van der Waals surface area contributed by atoms with Crippen molar-refractivity contribution in [3.8, 4) is 11.5 Å². The van der Waals surface area contributed by atoms with Gasteiger partial charge in [0.2, 0.25) is 0 Å². The van der Waals surface area contributed by atoms with Crippen LogP contribution in [0, 0.1) is 5.92 Å². The highest BCUT2D eigenvalue weighted by Gasteiger charge is 2.11. The summed E-state index contributed by atoms with van der Waals surface area (Å²) >= 11 is 0. The molecule has 0 atom stereocenters. The lowest BCUT2D eigenvalue weighted by atomic mass is 10.2. The van der Waals surface area contributed by atoms with E-state index in [0.29, 0.717) is 31.4 Å². The van der Waals surface area contributed by atoms with E-state index in [2.05, 4.69) is 19.2 Å². The monoisotopic (exact) mass is 267 g/mol. The Kier molecular flexibility index (Phi) is 6.15. The smallest absolute Gasteiger partial charge is 0.255 e. The standard InChI is InChI=1S/C14H21NO4/c1-10(2)9-19-7-6-15-14(17)12-5-4-11(18-3)8-13(12)16/h4-5,8,10,16H,6-7,9H2,1-3H3,(H,15,17). The van der Waals surface area contributed by atoms with Gasteiger partial charge in [-0.25, -0.2) is 0 Å². The van der Waals surface area contributed by atoms with Gasteiger partial charge in [0.15, 0.2) is 0 Å². The van der Waals surface area contributed by atoms with Gasteiger partial charge < -0.3 is 19.9 Å². The van der Waals surface area contributed by atoms with E-state index in [1.54, 1.807) is 6.07 Å². The lowest BCUT2D eigenvalue weighted by Crippen LogP contribution is -2.27. The summed E-state index contributed by atoms with van der Waals surface area (Å²) in [6.45, 7) is 5.67. The van der Waals surface area contributed by atoms with Crippen LogP contribution >= 0.6 is 0 Å². The Morgan fingerprint density at radius 2 is 2.16 bits per heavy atom. The van der Waals surface area contributed by atoms with E-state index >= 15 is 0 Å². The number of hydrogen-bond acceptors (Lipinski definition) is 4. The summed E-state index contributed by atoms with van der Waals surface area (Å²) < 4.78 is 10.3. The SMILES string of the molecule is COc1ccc(C(=O)NCCOCC(C)C)c(O)c1. The fourth-order valence-electron chi connectivity index (χ4n) is 1.48. The van der Waals surface area contributed by atoms with E-state index in [9.17, 15) is 9.90 Å². The Hall–Kier alpha value is -1.75. The summed E-state index contributed by atoms with van der Waals surface area (Å²) in [5.74, 6) is 0.559. The van der Waals surface area contributed by atoms with E-state index in [-0.39, 0.29) is 17.2 Å². The lowest BCUT2D eigenvalue weighted by molar-refractivity contribution is 0.0884. The van der Waals surface area contributed by atoms with E-state index in [1.165, 1.54) is 19.2 Å². The van der Waals surface area contributed by atoms with Gasteiger partial charge in [-0.1, -0.05) is 13.8 Å². The molecule has 0 aromatic heterocycles. The van der Waals surface area contributed by atoms with Gasteiger partial charge in [-0.3, -0.25) is 4.79 Å². The molecule has 2 N–H and O–H groups in total. The van der Waals surface area contributed by atoms with Crippen LogP contribution in [0.2, 0.25) is 0 Å². The van der Waals surface area contributed by atoms with Gasteiger partial charge in [0, 0.05) is 19.2 Å². The first-order valence-electron chi connectivity index (χ1n) is 6.27. The third kappa shape index (κ3) is 5.18. The van der Waals surface area contributed by atoms with Crippen LogP contribution in [0.4, 0.5) is 0 Å². The number of methoxy groups -OCH3 is 1. The highest BCUT2D eigenvalue weighted by Crippen LogP contribution is 2.22. The van der Waals surface area contributed by atoms with Crippen LogP contribution < -0.4 is 10.1 Å². The van der Waals surface area contributed by atoms with Gasteiger partial charge in [0.1, 0.15) is 11.5 Å². The molecule has 0 aliphatic heterocycles. The predicted octanol–water partition coefficient (Wildman–Crippen LogP) is 1.80. The first-order chi connectivity index (χ1) is 9.04. The van der Waals surface area contributed by atoms with Crippen LogP contribution in [0.3, 0.4) is 0 Å². The van der Waals surface area contributed by atoms with Crippen molar-refractivity contribution in [3.05, 3.63) is 23.8 Å². The minimum absolute atomic E-state index is 0.0973. The fraction of sp³-hybridized carbons (Fsp3) is 0.500. The average Bonchev–Trinajstić information content (AvgIpc) is 2.37. The number of aromatic hydroxyl groups is 1. The molecule has 5 nitrogen and oxygen atoms in total. The van der Waals surface area contributed by atoms with Crippen LogP contribution in [-0.4, -0.2) is 37.9 Å². The van der Waals surface area contributed by atoms with Gasteiger partial charge >= 0.3 is 0 Å². The van der Waals surface area contributed by atoms with E-state index in [1.807, 2.05) is 0 Å². The van der Waals surface area contributed by atoms with Gasteiger partial charge in [-0.2, -0.15) is 0 Å². The maximum Gasteiger partial charge on any atom is 0.255 e. The Labute approximate surface area is 113 Å². The van der Waals surface area contributed by atoms with Crippen molar-refractivity contribution in [2.24, 2.45) is 5.92 Å². The number of phenols is 1. The number of ether oxygens (including phenoxy) is 2. The van der Waals surface area contributed by atoms with Crippen molar-refractivity contribution in [2.45, 2.75) is 13.8 Å². The van der Waals surface area contributed by atoms with Gasteiger partial charge in [-0.15, -0.1) is 0 Å². The van der Waals surface area contributed by atoms with Crippen LogP contribution in [0.5, 0.6) is 11.5 Å². The van der Waals surface area contributed by atoms with E-state index < -0.39 is 0 Å². The second-order valence-electron chi connectivity index (χ2n) is 4.61. The van der Waals surface area contributed by atoms with E-state index in [0.717, 1.165) is 0 Å². The normalized spacial score (nSPS) is 10.5. The highest BCUT2D eigenvalue weighted by molar-refractivity contribution is 5.96. The van der Waals surface area contributed by atoms with Crippen molar-refractivity contribution >= 4 is 5.91 Å². The predicted molar refractivity (Wildman–Crippen MR) is 72.6 cm³/mol. The Bertz CT molecular complexity index is 418. The minimum Gasteiger partial charge on any atom is -0.507 e. The van der Waals surface area contributed by atoms with Gasteiger partial charge in [0.05, 0.1) is 19.3 Å². The summed E-state index contributed by atoms with van der Waals surface area (Å²) in [6, 6.07) is 4.56. The molecule has 1 amide bonds. The Balaban J connectivity index is 2.41. The molecular weight excluding hydrogens is 246 g/mol. The summed E-state index contributed by atoms with van der Waals surface area (Å²) in [5.41, 5.74) is 0.227. The molecule has 0 saturated carbocycles. The van der Waals surface area contributed by atoms with Crippen molar-refractivity contribution in [1.82, 2.24) is 5.32 Å². The zero-order chi connectivity index (χ0) is 14.3. The minimum atomic E-state index is -0.326. The first kappa shape index (κ1) is 15.3. The lowest BCUT2D eigenvalue weighted by Gasteiger charge is -2.09. The molecule has 0 heterocycles. The summed E-state index contributed by atoms with van der Waals surface area (Å²) in [4.78, 5) is 11.8. The molecule has 0 unspecified atom stereocenters. The van der Waals surface area contributed by atoms with Crippen LogP contribution in [0.1, 0.15) is 24.2 Å². The molecule has 1 aromatic carbocycles. The highest BCUT2D eigenvalue weighted by atomic mass is 16.5. The van der Waals surface area contributed by atoms with Crippen molar-refractivity contribution in [1.29, 1.82) is 0 Å². The quantitative estimate of drug-likeness (QED) is 0.739. The molecule has 1 rings (SSSR count). The summed E-state index contributed by atoms with van der Waals surface area (Å²) in [7, 11) is 1.50. The zero-order valence-corrected chi connectivity index (χ0v) is 11.6. The Morgan fingerprint density at radius 1 is 1.42 bits per heavy atom. The second-order valence-corrected chi connectivity index (χ2v) is 4.61. The summed E-state index contributed by atoms with van der Waals surface area (Å²) in [6.07, 6.45) is 0. The number of phenolic OH excluding ortho intramolecular Hbond substituents is 1. The van der Waals surface area contributed by atoms with Crippen LogP contribution in [0.15, 0.2) is 18.2 Å². The largest absolute Gasteiger partial charge is 0.507 e. The molecule has 19 heavy (non-hydrogen) atoms. The molecule has 0 fully saturated rings. The second kappa shape index (κ2) is 7.63. The molecule has 0 saturated heterocycles. The fourth-order valence-corrected chi connectivity index (χ4v) is 1.48. The van der Waals surface area contributed by atoms with Gasteiger partial charge in [0.25, 0.3) is 5.91 Å². The van der Waals surface area contributed by atoms with Crippen molar-refractivity contribution in [3.63, 3.8) is 0 Å². The topological polar surface area (TPSA) is 67.8 Å². The average molecular weight is 267 g/mol. The van der Waals surface area contributed by atoms with Crippen LogP contribution in [-0.2, 0) is 4.74 Å². The Morgan fingerprint density at radius 3 is 2.74 bits per heavy atom. The number of rotatable bonds is 7. The zero-order valence-electron chi connectivity index (χ0n) is 11.6. The molecule has 0 bridgehead atoms. The molecule has 5 heteroatoms. The maximum absolute atomic E-state index is 11.8. The van der Waals surface area contributed by atoms with Gasteiger partial charge in [-0.05, 0) is 18.1 Å². The third-order valence-corrected chi connectivity index (χ3v) is 2.43. The van der Waals surface area contributed by atoms with Crippen molar-refractivity contribution in [2.75, 3.05) is 26.9 Å². The maximum atomic E-state index is 11.8. The molecule has 106 valence electrons. The molecule has 0 radical (unpaired) electrons. The van der Waals surface area contributed by atoms with E-state index in [4.69, 9.17) is 9.47 Å². The number of hydrogen-bond donors (Lipinski definition) is 2. The molecule has 0 aliphatic carbocycles. The number of nitrogens with one attached hydrogen (secondary N) is 1. The molecule has 0 aliphatic rings. The first-order valence-corrected chi connectivity index (χ1v) is 6.27. The van der Waals surface area contributed by atoms with Crippen molar-refractivity contribution < 1.29 is 19.4 Å². The molecular formula is C14H21NO4. The van der Waals surface area contributed by atoms with Crippen LogP contribution in [0.25, 0.3) is 0 Å². The number of amides is 1. The molecule has 1 aromatic rings. The third-order valence-electron chi connectivity index (χ3n) is 2.43. The molecule has 0 spiro atoms. The number of carbonyl (C=O) groups is 1. The number of benzene rings is 1.